The molecule has 0 saturated heterocycles. The van der Waals surface area contributed by atoms with E-state index < -0.39 is 0 Å². The number of nitrogens with zero attached hydrogens (tertiary/aromatic N) is 1. The first-order chi connectivity index (χ1) is 12.0. The van der Waals surface area contributed by atoms with Crippen molar-refractivity contribution in [3.8, 4) is 11.5 Å². The molecule has 3 rings (SSSR count). The summed E-state index contributed by atoms with van der Waals surface area (Å²) in [5.74, 6) is 2.51. The Morgan fingerprint density at radius 3 is 1.68 bits per heavy atom. The Bertz CT molecular complexity index is 686. The average Bonchev–Trinajstić information content (AvgIpc) is 2.89. The van der Waals surface area contributed by atoms with Gasteiger partial charge in [-0.1, -0.05) is 24.3 Å². The van der Waals surface area contributed by atoms with E-state index in [4.69, 9.17) is 15.2 Å². The molecule has 0 bridgehead atoms. The SMILES string of the molecule is COc1ccc(CC2(Cc3ccc(OC)cc3)CC(C)N=C2N)cc1. The molecule has 1 atom stereocenters. The van der Waals surface area contributed by atoms with Crippen LogP contribution in [0.15, 0.2) is 53.5 Å². The van der Waals surface area contributed by atoms with E-state index in [1.54, 1.807) is 14.2 Å². The zero-order chi connectivity index (χ0) is 17.9. The van der Waals surface area contributed by atoms with Gasteiger partial charge in [-0.05, 0) is 61.6 Å². The zero-order valence-electron chi connectivity index (χ0n) is 15.2. The van der Waals surface area contributed by atoms with E-state index in [1.807, 2.05) is 24.3 Å². The monoisotopic (exact) mass is 338 g/mol. The van der Waals surface area contributed by atoms with Crippen LogP contribution in [0.1, 0.15) is 24.5 Å². The zero-order valence-corrected chi connectivity index (χ0v) is 15.2. The predicted octanol–water partition coefficient (Wildman–Crippen LogP) is 3.62. The fraction of sp³-hybridized carbons (Fsp3) is 0.381. The van der Waals surface area contributed by atoms with Crippen LogP contribution in [0.2, 0.25) is 0 Å². The molecule has 132 valence electrons. The molecule has 4 nitrogen and oxygen atoms in total. The normalized spacial score (nSPS) is 18.7. The third-order valence-electron chi connectivity index (χ3n) is 4.99. The predicted molar refractivity (Wildman–Crippen MR) is 102 cm³/mol. The molecule has 0 aromatic heterocycles. The Balaban J connectivity index is 1.86. The van der Waals surface area contributed by atoms with Crippen molar-refractivity contribution in [3.05, 3.63) is 59.7 Å². The third kappa shape index (κ3) is 3.78. The standard InChI is InChI=1S/C21H26N2O2/c1-15-12-21(20(22)23-15,13-16-4-8-18(24-2)9-5-16)14-17-6-10-19(25-3)11-7-17/h4-11,15H,12-14H2,1-3H3,(H2,22,23). The molecule has 2 aromatic rings. The number of amidine groups is 1. The number of aliphatic imine (C=N–C) groups is 1. The number of benzene rings is 2. The van der Waals surface area contributed by atoms with E-state index >= 15 is 0 Å². The van der Waals surface area contributed by atoms with Crippen LogP contribution >= 0.6 is 0 Å². The molecule has 2 aromatic carbocycles. The third-order valence-corrected chi connectivity index (χ3v) is 4.99. The Labute approximate surface area is 149 Å². The van der Waals surface area contributed by atoms with Crippen molar-refractivity contribution in [2.24, 2.45) is 16.1 Å². The Hall–Kier alpha value is -2.49. The molecule has 0 amide bonds. The highest BCUT2D eigenvalue weighted by molar-refractivity contribution is 5.89. The van der Waals surface area contributed by atoms with Crippen molar-refractivity contribution in [1.82, 2.24) is 0 Å². The Morgan fingerprint density at radius 1 is 0.920 bits per heavy atom. The minimum atomic E-state index is -0.136. The smallest absolute Gasteiger partial charge is 0.118 e. The maximum Gasteiger partial charge on any atom is 0.118 e. The van der Waals surface area contributed by atoms with Gasteiger partial charge >= 0.3 is 0 Å². The number of ether oxygens (including phenoxy) is 2. The molecule has 1 unspecified atom stereocenters. The first-order valence-corrected chi connectivity index (χ1v) is 8.64. The van der Waals surface area contributed by atoms with Gasteiger partial charge in [0, 0.05) is 5.41 Å². The van der Waals surface area contributed by atoms with Gasteiger partial charge in [-0.25, -0.2) is 0 Å². The van der Waals surface area contributed by atoms with Crippen LogP contribution in [-0.4, -0.2) is 26.1 Å². The van der Waals surface area contributed by atoms with Gasteiger partial charge in [-0.15, -0.1) is 0 Å². The summed E-state index contributed by atoms with van der Waals surface area (Å²) in [4.78, 5) is 4.65. The molecule has 0 aliphatic carbocycles. The summed E-state index contributed by atoms with van der Waals surface area (Å²) in [5, 5.41) is 0. The van der Waals surface area contributed by atoms with Gasteiger partial charge in [0.2, 0.25) is 0 Å². The average molecular weight is 338 g/mol. The highest BCUT2D eigenvalue weighted by Gasteiger charge is 2.40. The minimum Gasteiger partial charge on any atom is -0.497 e. The molecule has 25 heavy (non-hydrogen) atoms. The molecule has 1 aliphatic heterocycles. The minimum absolute atomic E-state index is 0.136. The fourth-order valence-corrected chi connectivity index (χ4v) is 3.75. The van der Waals surface area contributed by atoms with Crippen molar-refractivity contribution >= 4 is 5.84 Å². The van der Waals surface area contributed by atoms with Gasteiger partial charge in [-0.2, -0.15) is 0 Å². The van der Waals surface area contributed by atoms with Crippen LogP contribution in [0, 0.1) is 5.41 Å². The van der Waals surface area contributed by atoms with Crippen LogP contribution in [0.3, 0.4) is 0 Å². The molecule has 2 N–H and O–H groups in total. The number of hydrogen-bond donors (Lipinski definition) is 1. The number of methoxy groups -OCH3 is 2. The lowest BCUT2D eigenvalue weighted by Crippen LogP contribution is -2.38. The van der Waals surface area contributed by atoms with Crippen molar-refractivity contribution in [1.29, 1.82) is 0 Å². The van der Waals surface area contributed by atoms with Gasteiger partial charge in [0.05, 0.1) is 20.3 Å². The molecule has 0 radical (unpaired) electrons. The summed E-state index contributed by atoms with van der Waals surface area (Å²) in [5.41, 5.74) is 8.78. The summed E-state index contributed by atoms with van der Waals surface area (Å²) in [6.45, 7) is 2.14. The maximum atomic E-state index is 6.41. The topological polar surface area (TPSA) is 56.8 Å². The quantitative estimate of drug-likeness (QED) is 0.875. The second-order valence-electron chi connectivity index (χ2n) is 6.90. The Kier molecular flexibility index (Phi) is 4.98. The summed E-state index contributed by atoms with van der Waals surface area (Å²) in [6, 6.07) is 16.7. The van der Waals surface area contributed by atoms with Crippen LogP contribution in [0.25, 0.3) is 0 Å². The maximum absolute atomic E-state index is 6.41. The first kappa shape index (κ1) is 17.3. The van der Waals surface area contributed by atoms with E-state index in [0.717, 1.165) is 36.6 Å². The molecule has 4 heteroatoms. The summed E-state index contributed by atoms with van der Waals surface area (Å²) in [6.07, 6.45) is 2.72. The molecule has 1 aliphatic rings. The molecular formula is C21H26N2O2. The molecule has 0 fully saturated rings. The summed E-state index contributed by atoms with van der Waals surface area (Å²) >= 11 is 0. The second-order valence-corrected chi connectivity index (χ2v) is 6.90. The molecule has 0 spiro atoms. The van der Waals surface area contributed by atoms with Crippen molar-refractivity contribution in [3.63, 3.8) is 0 Å². The van der Waals surface area contributed by atoms with E-state index in [0.29, 0.717) is 0 Å². The number of rotatable bonds is 6. The highest BCUT2D eigenvalue weighted by Crippen LogP contribution is 2.39. The lowest BCUT2D eigenvalue weighted by atomic mass is 9.73. The van der Waals surface area contributed by atoms with Gasteiger partial charge in [0.25, 0.3) is 0 Å². The van der Waals surface area contributed by atoms with Gasteiger partial charge in [0.15, 0.2) is 0 Å². The molecule has 0 saturated carbocycles. The van der Waals surface area contributed by atoms with Crippen LogP contribution in [-0.2, 0) is 12.8 Å². The van der Waals surface area contributed by atoms with E-state index in [2.05, 4.69) is 36.2 Å². The van der Waals surface area contributed by atoms with Crippen LogP contribution in [0.4, 0.5) is 0 Å². The fourth-order valence-electron chi connectivity index (χ4n) is 3.75. The highest BCUT2D eigenvalue weighted by atomic mass is 16.5. The molecular weight excluding hydrogens is 312 g/mol. The summed E-state index contributed by atoms with van der Waals surface area (Å²) < 4.78 is 10.5. The van der Waals surface area contributed by atoms with Gasteiger partial charge in [-0.3, -0.25) is 4.99 Å². The van der Waals surface area contributed by atoms with Gasteiger partial charge < -0.3 is 15.2 Å². The second kappa shape index (κ2) is 7.18. The van der Waals surface area contributed by atoms with E-state index in [9.17, 15) is 0 Å². The van der Waals surface area contributed by atoms with Gasteiger partial charge in [0.1, 0.15) is 17.3 Å². The lowest BCUT2D eigenvalue weighted by Gasteiger charge is -2.30. The van der Waals surface area contributed by atoms with E-state index in [1.165, 1.54) is 11.1 Å². The number of hydrogen-bond acceptors (Lipinski definition) is 4. The first-order valence-electron chi connectivity index (χ1n) is 8.64. The van der Waals surface area contributed by atoms with E-state index in [-0.39, 0.29) is 11.5 Å². The van der Waals surface area contributed by atoms with Crippen LogP contribution < -0.4 is 15.2 Å². The van der Waals surface area contributed by atoms with Crippen molar-refractivity contribution in [2.45, 2.75) is 32.2 Å². The molecule has 1 heterocycles. The largest absolute Gasteiger partial charge is 0.497 e. The number of nitrogens with two attached hydrogens (primary N) is 1. The van der Waals surface area contributed by atoms with Crippen LogP contribution in [0.5, 0.6) is 11.5 Å². The lowest BCUT2D eigenvalue weighted by molar-refractivity contribution is 0.380. The summed E-state index contributed by atoms with van der Waals surface area (Å²) in [7, 11) is 3.37. The Morgan fingerprint density at radius 2 is 1.36 bits per heavy atom. The van der Waals surface area contributed by atoms with Crippen molar-refractivity contribution in [2.75, 3.05) is 14.2 Å². The van der Waals surface area contributed by atoms with Crippen molar-refractivity contribution < 1.29 is 9.47 Å².